The van der Waals surface area contributed by atoms with Gasteiger partial charge in [0.05, 0.1) is 0 Å². The maximum Gasteiger partial charge on any atom is 0.105 e. The fraction of sp³-hybridized carbons (Fsp3) is 0.455. The minimum absolute atomic E-state index is 0.169. The van der Waals surface area contributed by atoms with E-state index >= 15 is 0 Å². The van der Waals surface area contributed by atoms with Crippen molar-refractivity contribution in [2.24, 2.45) is 11.7 Å². The summed E-state index contributed by atoms with van der Waals surface area (Å²) in [6.07, 6.45) is 1.06. The monoisotopic (exact) mass is 179 g/mol. The van der Waals surface area contributed by atoms with Gasteiger partial charge in [-0.2, -0.15) is 0 Å². The molecule has 1 aromatic carbocycles. The van der Waals surface area contributed by atoms with Crippen molar-refractivity contribution in [1.82, 2.24) is 0 Å². The molecule has 0 heterocycles. The van der Waals surface area contributed by atoms with Gasteiger partial charge in [0.25, 0.3) is 0 Å². The van der Waals surface area contributed by atoms with E-state index < -0.39 is 6.23 Å². The molecule has 2 atom stereocenters. The van der Waals surface area contributed by atoms with E-state index in [4.69, 9.17) is 5.73 Å². The number of aliphatic hydroxyl groups is 1. The molecular weight excluding hydrogens is 162 g/mol. The van der Waals surface area contributed by atoms with Crippen LogP contribution in [0.4, 0.5) is 0 Å². The third kappa shape index (κ3) is 3.17. The fourth-order valence-electron chi connectivity index (χ4n) is 1.42. The molecule has 0 bridgehead atoms. The Balaban J connectivity index is 2.57. The molecule has 2 nitrogen and oxygen atoms in total. The molecule has 0 fully saturated rings. The van der Waals surface area contributed by atoms with E-state index in [0.717, 1.165) is 12.8 Å². The molecule has 0 aliphatic heterocycles. The van der Waals surface area contributed by atoms with Crippen LogP contribution in [0.1, 0.15) is 18.9 Å². The molecule has 13 heavy (non-hydrogen) atoms. The van der Waals surface area contributed by atoms with Gasteiger partial charge in [-0.25, -0.2) is 0 Å². The minimum atomic E-state index is -0.704. The molecule has 72 valence electrons. The van der Waals surface area contributed by atoms with Crippen molar-refractivity contribution in [2.45, 2.75) is 26.0 Å². The molecule has 0 aromatic heterocycles. The number of aliphatic hydroxyl groups excluding tert-OH is 1. The molecule has 0 saturated carbocycles. The van der Waals surface area contributed by atoms with Crippen LogP contribution in [-0.2, 0) is 6.42 Å². The van der Waals surface area contributed by atoms with Crippen LogP contribution in [0.3, 0.4) is 0 Å². The van der Waals surface area contributed by atoms with Gasteiger partial charge in [-0.1, -0.05) is 37.3 Å². The van der Waals surface area contributed by atoms with Gasteiger partial charge in [0.1, 0.15) is 6.23 Å². The smallest absolute Gasteiger partial charge is 0.105 e. The SMILES string of the molecule is CCC(Cc1ccccc1)C(N)O. The van der Waals surface area contributed by atoms with E-state index in [0.29, 0.717) is 0 Å². The first-order valence-corrected chi connectivity index (χ1v) is 4.71. The van der Waals surface area contributed by atoms with Gasteiger partial charge in [0.15, 0.2) is 0 Å². The summed E-state index contributed by atoms with van der Waals surface area (Å²) in [7, 11) is 0. The van der Waals surface area contributed by atoms with E-state index in [9.17, 15) is 5.11 Å². The van der Waals surface area contributed by atoms with Crippen molar-refractivity contribution in [1.29, 1.82) is 0 Å². The Morgan fingerprint density at radius 2 is 1.92 bits per heavy atom. The summed E-state index contributed by atoms with van der Waals surface area (Å²) in [6.45, 7) is 2.05. The van der Waals surface area contributed by atoms with Gasteiger partial charge in [0, 0.05) is 5.92 Å². The molecule has 0 saturated heterocycles. The lowest BCUT2D eigenvalue weighted by molar-refractivity contribution is 0.111. The highest BCUT2D eigenvalue weighted by Crippen LogP contribution is 2.13. The first-order valence-electron chi connectivity index (χ1n) is 4.71. The molecule has 0 aliphatic rings. The minimum Gasteiger partial charge on any atom is -0.379 e. The van der Waals surface area contributed by atoms with Crippen LogP contribution in [0.25, 0.3) is 0 Å². The van der Waals surface area contributed by atoms with Gasteiger partial charge in [-0.05, 0) is 18.4 Å². The van der Waals surface area contributed by atoms with E-state index in [1.807, 2.05) is 25.1 Å². The summed E-state index contributed by atoms with van der Waals surface area (Å²) < 4.78 is 0. The van der Waals surface area contributed by atoms with Gasteiger partial charge in [-0.3, -0.25) is 0 Å². The van der Waals surface area contributed by atoms with Crippen LogP contribution in [0.2, 0.25) is 0 Å². The predicted molar refractivity (Wildman–Crippen MR) is 54.1 cm³/mol. The third-order valence-electron chi connectivity index (χ3n) is 2.35. The molecule has 0 amide bonds. The standard InChI is InChI=1S/C11H17NO/c1-2-10(11(12)13)8-9-6-4-3-5-7-9/h3-7,10-11,13H,2,8,12H2,1H3. The molecule has 1 rings (SSSR count). The van der Waals surface area contributed by atoms with Crippen LogP contribution in [0.5, 0.6) is 0 Å². The van der Waals surface area contributed by atoms with E-state index in [1.54, 1.807) is 0 Å². The van der Waals surface area contributed by atoms with Crippen LogP contribution in [-0.4, -0.2) is 11.3 Å². The maximum atomic E-state index is 9.25. The average Bonchev–Trinajstić information content (AvgIpc) is 2.15. The molecule has 2 unspecified atom stereocenters. The zero-order valence-corrected chi connectivity index (χ0v) is 7.98. The molecule has 0 aliphatic carbocycles. The van der Waals surface area contributed by atoms with Crippen molar-refractivity contribution < 1.29 is 5.11 Å². The second-order valence-electron chi connectivity index (χ2n) is 3.35. The molecule has 3 N–H and O–H groups in total. The maximum absolute atomic E-state index is 9.25. The summed E-state index contributed by atoms with van der Waals surface area (Å²) >= 11 is 0. The molecule has 0 radical (unpaired) electrons. The summed E-state index contributed by atoms with van der Waals surface area (Å²) in [5.74, 6) is 0.169. The summed E-state index contributed by atoms with van der Waals surface area (Å²) in [5.41, 5.74) is 6.69. The first-order chi connectivity index (χ1) is 6.24. The number of hydrogen-bond acceptors (Lipinski definition) is 2. The number of rotatable bonds is 4. The Labute approximate surface area is 79.4 Å². The van der Waals surface area contributed by atoms with Crippen molar-refractivity contribution in [3.05, 3.63) is 35.9 Å². The average molecular weight is 179 g/mol. The van der Waals surface area contributed by atoms with E-state index in [1.165, 1.54) is 5.56 Å². The molecule has 0 spiro atoms. The second-order valence-corrected chi connectivity index (χ2v) is 3.35. The van der Waals surface area contributed by atoms with Gasteiger partial charge in [0.2, 0.25) is 0 Å². The molecular formula is C11H17NO. The lowest BCUT2D eigenvalue weighted by Crippen LogP contribution is -2.30. The summed E-state index contributed by atoms with van der Waals surface area (Å²) in [6, 6.07) is 10.1. The lowest BCUT2D eigenvalue weighted by atomic mass is 9.96. The van der Waals surface area contributed by atoms with Crippen molar-refractivity contribution in [3.8, 4) is 0 Å². The van der Waals surface area contributed by atoms with Crippen LogP contribution < -0.4 is 5.73 Å². The highest BCUT2D eigenvalue weighted by molar-refractivity contribution is 5.15. The van der Waals surface area contributed by atoms with Gasteiger partial charge < -0.3 is 10.8 Å². The van der Waals surface area contributed by atoms with Crippen LogP contribution in [0, 0.1) is 5.92 Å². The number of benzene rings is 1. The van der Waals surface area contributed by atoms with E-state index in [-0.39, 0.29) is 5.92 Å². The van der Waals surface area contributed by atoms with Crippen molar-refractivity contribution in [3.63, 3.8) is 0 Å². The van der Waals surface area contributed by atoms with Crippen molar-refractivity contribution in [2.75, 3.05) is 0 Å². The van der Waals surface area contributed by atoms with E-state index in [2.05, 4.69) is 12.1 Å². The normalized spacial score (nSPS) is 15.3. The van der Waals surface area contributed by atoms with Gasteiger partial charge >= 0.3 is 0 Å². The quantitative estimate of drug-likeness (QED) is 0.688. The zero-order valence-electron chi connectivity index (χ0n) is 7.98. The summed E-state index contributed by atoms with van der Waals surface area (Å²) in [4.78, 5) is 0. The molecule has 2 heteroatoms. The number of nitrogens with two attached hydrogens (primary N) is 1. The van der Waals surface area contributed by atoms with Crippen LogP contribution >= 0.6 is 0 Å². The van der Waals surface area contributed by atoms with Gasteiger partial charge in [-0.15, -0.1) is 0 Å². The Bertz CT molecular complexity index is 233. The Morgan fingerprint density at radius 1 is 1.31 bits per heavy atom. The second kappa shape index (κ2) is 5.00. The highest BCUT2D eigenvalue weighted by Gasteiger charge is 2.12. The largest absolute Gasteiger partial charge is 0.379 e. The molecule has 1 aromatic rings. The lowest BCUT2D eigenvalue weighted by Gasteiger charge is -2.17. The topological polar surface area (TPSA) is 46.2 Å². The fourth-order valence-corrected chi connectivity index (χ4v) is 1.42. The number of hydrogen-bond donors (Lipinski definition) is 2. The highest BCUT2D eigenvalue weighted by atomic mass is 16.3. The van der Waals surface area contributed by atoms with Crippen LogP contribution in [0.15, 0.2) is 30.3 Å². The van der Waals surface area contributed by atoms with Crippen molar-refractivity contribution >= 4 is 0 Å². The summed E-state index contributed by atoms with van der Waals surface area (Å²) in [5, 5.41) is 9.25. The third-order valence-corrected chi connectivity index (χ3v) is 2.35. The Kier molecular flexibility index (Phi) is 3.93. The first kappa shape index (κ1) is 10.2. The Hall–Kier alpha value is -0.860. The Morgan fingerprint density at radius 3 is 2.38 bits per heavy atom. The zero-order chi connectivity index (χ0) is 9.68. The predicted octanol–water partition coefficient (Wildman–Crippen LogP) is 1.53.